The van der Waals surface area contributed by atoms with Crippen LogP contribution in [0.3, 0.4) is 0 Å². The van der Waals surface area contributed by atoms with Crippen LogP contribution in [0.4, 0.5) is 0 Å². The van der Waals surface area contributed by atoms with Crippen molar-refractivity contribution in [1.82, 2.24) is 0 Å². The van der Waals surface area contributed by atoms with Gasteiger partial charge < -0.3 is 9.47 Å². The molecule has 0 aromatic rings. The van der Waals surface area contributed by atoms with Crippen molar-refractivity contribution < 1.29 is 14.3 Å². The fraction of sp³-hybridized carbons (Fsp3) is 0.571. The fourth-order valence-electron chi connectivity index (χ4n) is 2.37. The third-order valence-corrected chi connectivity index (χ3v) is 3.92. The Bertz CT molecular complexity index is 446. The van der Waals surface area contributed by atoms with Crippen LogP contribution in [0.15, 0.2) is 48.6 Å². The Morgan fingerprint density at radius 2 is 1.50 bits per heavy atom. The zero-order valence-corrected chi connectivity index (χ0v) is 15.2. The van der Waals surface area contributed by atoms with Crippen LogP contribution in [0, 0.1) is 0 Å². The first-order chi connectivity index (χ1) is 11.8. The summed E-state index contributed by atoms with van der Waals surface area (Å²) in [5, 5.41) is 0. The van der Waals surface area contributed by atoms with Crippen LogP contribution in [0.2, 0.25) is 0 Å². The monoisotopic (exact) mass is 332 g/mol. The van der Waals surface area contributed by atoms with E-state index in [1.54, 1.807) is 0 Å². The summed E-state index contributed by atoms with van der Waals surface area (Å²) in [6.45, 7) is 2.17. The first kappa shape index (κ1) is 20.4. The van der Waals surface area contributed by atoms with E-state index >= 15 is 0 Å². The molecule has 1 heterocycles. The van der Waals surface area contributed by atoms with Crippen LogP contribution in [0.5, 0.6) is 0 Å². The molecule has 0 aromatic carbocycles. The zero-order chi connectivity index (χ0) is 17.5. The second-order valence-electron chi connectivity index (χ2n) is 5.92. The number of carbonyl (C=O) groups excluding carboxylic acids is 1. The molecule has 134 valence electrons. The van der Waals surface area contributed by atoms with E-state index in [0.717, 1.165) is 44.9 Å². The molecule has 3 nitrogen and oxygen atoms in total. The molecule has 0 N–H and O–H groups in total. The molecule has 0 radical (unpaired) electrons. The molecule has 1 aliphatic heterocycles. The van der Waals surface area contributed by atoms with Gasteiger partial charge in [0.15, 0.2) is 0 Å². The smallest absolute Gasteiger partial charge is 0.305 e. The summed E-state index contributed by atoms with van der Waals surface area (Å²) in [4.78, 5) is 10.9. The van der Waals surface area contributed by atoms with E-state index in [1.807, 2.05) is 0 Å². The summed E-state index contributed by atoms with van der Waals surface area (Å²) in [6.07, 6.45) is 25.9. The summed E-state index contributed by atoms with van der Waals surface area (Å²) in [5.41, 5.74) is 0. The van der Waals surface area contributed by atoms with Gasteiger partial charge in [-0.25, -0.2) is 0 Å². The highest BCUT2D eigenvalue weighted by Crippen LogP contribution is 2.28. The van der Waals surface area contributed by atoms with Crippen molar-refractivity contribution in [2.24, 2.45) is 0 Å². The molecule has 0 spiro atoms. The van der Waals surface area contributed by atoms with Gasteiger partial charge in [0.25, 0.3) is 0 Å². The van der Waals surface area contributed by atoms with E-state index in [4.69, 9.17) is 4.74 Å². The van der Waals surface area contributed by atoms with Crippen LogP contribution in [-0.2, 0) is 14.3 Å². The van der Waals surface area contributed by atoms with Gasteiger partial charge in [0.05, 0.1) is 19.3 Å². The fourth-order valence-corrected chi connectivity index (χ4v) is 2.37. The predicted molar refractivity (Wildman–Crippen MR) is 99.8 cm³/mol. The molecule has 2 atom stereocenters. The molecule has 0 bridgehead atoms. The molecule has 3 heteroatoms. The quantitative estimate of drug-likeness (QED) is 0.199. The highest BCUT2D eigenvalue weighted by atomic mass is 16.6. The van der Waals surface area contributed by atoms with E-state index in [2.05, 4.69) is 60.3 Å². The minimum Gasteiger partial charge on any atom is -0.469 e. The number of hydrogen-bond donors (Lipinski definition) is 0. The van der Waals surface area contributed by atoms with Gasteiger partial charge in [-0.05, 0) is 44.9 Å². The number of esters is 1. The number of ether oxygens (including phenoxy) is 2. The Balaban J connectivity index is 1.90. The number of rotatable bonds is 13. The summed E-state index contributed by atoms with van der Waals surface area (Å²) >= 11 is 0. The zero-order valence-electron chi connectivity index (χ0n) is 15.2. The molecular formula is C21H32O3. The van der Waals surface area contributed by atoms with Crippen LogP contribution in [0.25, 0.3) is 0 Å². The maximum Gasteiger partial charge on any atom is 0.305 e. The Morgan fingerprint density at radius 3 is 2.04 bits per heavy atom. The van der Waals surface area contributed by atoms with Gasteiger partial charge in [-0.2, -0.15) is 0 Å². The lowest BCUT2D eigenvalue weighted by Gasteiger charge is -1.95. The van der Waals surface area contributed by atoms with Crippen molar-refractivity contribution >= 4 is 5.97 Å². The SMILES string of the molecule is CCC1OC1C/C=C\C/C=C\C/C=C\C/C=C\CCCC(=O)OC. The average Bonchev–Trinajstić information content (AvgIpc) is 3.36. The summed E-state index contributed by atoms with van der Waals surface area (Å²) in [5.74, 6) is -0.129. The second kappa shape index (κ2) is 13.8. The van der Waals surface area contributed by atoms with Gasteiger partial charge in [0.2, 0.25) is 0 Å². The van der Waals surface area contributed by atoms with Crippen LogP contribution < -0.4 is 0 Å². The highest BCUT2D eigenvalue weighted by molar-refractivity contribution is 5.69. The number of carbonyl (C=O) groups is 1. The van der Waals surface area contributed by atoms with Gasteiger partial charge in [0.1, 0.15) is 0 Å². The van der Waals surface area contributed by atoms with E-state index < -0.39 is 0 Å². The van der Waals surface area contributed by atoms with Gasteiger partial charge >= 0.3 is 5.97 Å². The van der Waals surface area contributed by atoms with Crippen molar-refractivity contribution in [1.29, 1.82) is 0 Å². The van der Waals surface area contributed by atoms with Crippen molar-refractivity contribution in [2.75, 3.05) is 7.11 Å². The number of hydrogen-bond acceptors (Lipinski definition) is 3. The van der Waals surface area contributed by atoms with Gasteiger partial charge in [-0.15, -0.1) is 0 Å². The van der Waals surface area contributed by atoms with Crippen LogP contribution in [-0.4, -0.2) is 25.3 Å². The Kier molecular flexibility index (Phi) is 11.7. The highest BCUT2D eigenvalue weighted by Gasteiger charge is 2.35. The molecule has 24 heavy (non-hydrogen) atoms. The Morgan fingerprint density at radius 1 is 0.917 bits per heavy atom. The predicted octanol–water partition coefficient (Wildman–Crippen LogP) is 5.29. The minimum absolute atomic E-state index is 0.129. The third kappa shape index (κ3) is 11.0. The molecule has 1 aliphatic rings. The number of methoxy groups -OCH3 is 1. The maximum absolute atomic E-state index is 10.9. The Labute approximate surface area is 147 Å². The van der Waals surface area contributed by atoms with Crippen molar-refractivity contribution in [2.45, 2.75) is 70.5 Å². The van der Waals surface area contributed by atoms with E-state index in [9.17, 15) is 4.79 Å². The van der Waals surface area contributed by atoms with E-state index in [-0.39, 0.29) is 5.97 Å². The second-order valence-corrected chi connectivity index (χ2v) is 5.92. The van der Waals surface area contributed by atoms with Crippen molar-refractivity contribution in [3.8, 4) is 0 Å². The summed E-state index contributed by atoms with van der Waals surface area (Å²) in [6, 6.07) is 0. The van der Waals surface area contributed by atoms with Crippen molar-refractivity contribution in [3.63, 3.8) is 0 Å². The lowest BCUT2D eigenvalue weighted by atomic mass is 10.2. The normalized spacial score (nSPS) is 20.8. The largest absolute Gasteiger partial charge is 0.469 e. The summed E-state index contributed by atoms with van der Waals surface area (Å²) < 4.78 is 10.1. The van der Waals surface area contributed by atoms with Gasteiger partial charge in [-0.1, -0.05) is 55.5 Å². The number of unbranched alkanes of at least 4 members (excludes halogenated alkanes) is 1. The molecular weight excluding hydrogens is 300 g/mol. The van der Waals surface area contributed by atoms with Gasteiger partial charge in [0, 0.05) is 6.42 Å². The summed E-state index contributed by atoms with van der Waals surface area (Å²) in [7, 11) is 1.43. The molecule has 0 aromatic heterocycles. The molecule has 1 saturated heterocycles. The topological polar surface area (TPSA) is 38.8 Å². The lowest BCUT2D eigenvalue weighted by molar-refractivity contribution is -0.140. The molecule has 0 saturated carbocycles. The Hall–Kier alpha value is -1.61. The van der Waals surface area contributed by atoms with Gasteiger partial charge in [-0.3, -0.25) is 4.79 Å². The molecule has 0 amide bonds. The molecule has 1 fully saturated rings. The van der Waals surface area contributed by atoms with Crippen LogP contribution in [0.1, 0.15) is 58.3 Å². The molecule has 1 rings (SSSR count). The minimum atomic E-state index is -0.129. The lowest BCUT2D eigenvalue weighted by Crippen LogP contribution is -1.98. The number of epoxide rings is 1. The van der Waals surface area contributed by atoms with Crippen molar-refractivity contribution in [3.05, 3.63) is 48.6 Å². The standard InChI is InChI=1S/C21H32O3/c1-3-19-20(24-19)17-15-13-11-9-7-5-4-6-8-10-12-14-16-18-21(22)23-2/h4,6-7,9-10,12-13,15,19-20H,3,5,8,11,14,16-18H2,1-2H3/b6-4-,9-7-,12-10-,15-13-. The third-order valence-electron chi connectivity index (χ3n) is 3.92. The molecule has 0 aliphatic carbocycles. The maximum atomic E-state index is 10.9. The average molecular weight is 332 g/mol. The first-order valence-electron chi connectivity index (χ1n) is 9.10. The van der Waals surface area contributed by atoms with Crippen LogP contribution >= 0.6 is 0 Å². The van der Waals surface area contributed by atoms with E-state index in [0.29, 0.717) is 18.6 Å². The van der Waals surface area contributed by atoms with E-state index in [1.165, 1.54) is 7.11 Å². The number of allylic oxidation sites excluding steroid dienone is 7. The first-order valence-corrected chi connectivity index (χ1v) is 9.10. The molecule has 2 unspecified atom stereocenters.